The Hall–Kier alpha value is -3.25. The van der Waals surface area contributed by atoms with Crippen molar-refractivity contribution >= 4 is 5.91 Å². The summed E-state index contributed by atoms with van der Waals surface area (Å²) in [4.78, 5) is 26.8. The maximum atomic E-state index is 12.8. The van der Waals surface area contributed by atoms with Gasteiger partial charge in [0.2, 0.25) is 5.91 Å². The number of aromatic nitrogens is 2. The minimum absolute atomic E-state index is 0.105. The van der Waals surface area contributed by atoms with Crippen LogP contribution in [0.1, 0.15) is 17.2 Å². The fraction of sp³-hybridized carbons (Fsp3) is 0.261. The lowest BCUT2D eigenvalue weighted by Crippen LogP contribution is -2.39. The molecular formula is C23H26N4O2. The number of rotatable bonds is 7. The Morgan fingerprint density at radius 1 is 1.03 bits per heavy atom. The molecule has 1 unspecified atom stereocenters. The predicted molar refractivity (Wildman–Crippen MR) is 115 cm³/mol. The van der Waals surface area contributed by atoms with Crippen molar-refractivity contribution in [2.45, 2.75) is 19.5 Å². The maximum Gasteiger partial charge on any atom is 0.266 e. The van der Waals surface area contributed by atoms with Crippen LogP contribution < -0.4 is 10.9 Å². The summed E-state index contributed by atoms with van der Waals surface area (Å²) in [5.74, 6) is -0.105. The van der Waals surface area contributed by atoms with Crippen LogP contribution in [0.5, 0.6) is 0 Å². The molecule has 1 amide bonds. The van der Waals surface area contributed by atoms with Crippen molar-refractivity contribution in [3.8, 4) is 11.3 Å². The van der Waals surface area contributed by atoms with E-state index in [0.717, 1.165) is 22.4 Å². The van der Waals surface area contributed by atoms with E-state index in [9.17, 15) is 9.59 Å². The van der Waals surface area contributed by atoms with E-state index in [0.29, 0.717) is 13.1 Å². The monoisotopic (exact) mass is 390 g/mol. The minimum Gasteiger partial charge on any atom is -0.353 e. The Balaban J connectivity index is 1.68. The Kier molecular flexibility index (Phi) is 6.57. The molecule has 3 rings (SSSR count). The molecule has 1 atom stereocenters. The van der Waals surface area contributed by atoms with E-state index in [-0.39, 0.29) is 11.5 Å². The standard InChI is InChI=1S/C23H26N4O2/c1-17-9-11-19(12-10-17)22(26(2)3)23(29)24-15-16-27-21(28)14-13-20(25-27)18-7-5-4-6-8-18/h4-14,22H,15-16H2,1-3H3,(H,24,29). The van der Waals surface area contributed by atoms with Gasteiger partial charge in [0.05, 0.1) is 12.2 Å². The van der Waals surface area contributed by atoms with Gasteiger partial charge in [0.1, 0.15) is 6.04 Å². The summed E-state index contributed by atoms with van der Waals surface area (Å²) in [6.07, 6.45) is 0. The topological polar surface area (TPSA) is 67.2 Å². The molecule has 0 aliphatic rings. The first-order valence-electron chi connectivity index (χ1n) is 9.60. The van der Waals surface area contributed by atoms with Crippen LogP contribution in [0.25, 0.3) is 11.3 Å². The zero-order valence-corrected chi connectivity index (χ0v) is 17.0. The summed E-state index contributed by atoms with van der Waals surface area (Å²) in [6, 6.07) is 20.4. The zero-order chi connectivity index (χ0) is 20.8. The molecule has 2 aromatic carbocycles. The number of carbonyl (C=O) groups is 1. The number of likely N-dealkylation sites (N-methyl/N-ethyl adjacent to an activating group) is 1. The minimum atomic E-state index is -0.393. The molecule has 6 nitrogen and oxygen atoms in total. The number of hydrogen-bond donors (Lipinski definition) is 1. The van der Waals surface area contributed by atoms with Crippen LogP contribution in [0.4, 0.5) is 0 Å². The molecule has 1 aromatic heterocycles. The second-order valence-corrected chi connectivity index (χ2v) is 7.21. The van der Waals surface area contributed by atoms with Crippen LogP contribution in [0, 0.1) is 6.92 Å². The van der Waals surface area contributed by atoms with E-state index in [1.807, 2.05) is 80.5 Å². The van der Waals surface area contributed by atoms with Gasteiger partial charge in [-0.05, 0) is 32.6 Å². The van der Waals surface area contributed by atoms with Gasteiger partial charge in [0.15, 0.2) is 0 Å². The van der Waals surface area contributed by atoms with Gasteiger partial charge in [-0.2, -0.15) is 5.10 Å². The average Bonchev–Trinajstić information content (AvgIpc) is 2.71. The predicted octanol–water partition coefficient (Wildman–Crippen LogP) is 2.64. The van der Waals surface area contributed by atoms with Crippen LogP contribution >= 0.6 is 0 Å². The van der Waals surface area contributed by atoms with Crippen LogP contribution in [-0.4, -0.2) is 41.2 Å². The summed E-state index contributed by atoms with van der Waals surface area (Å²) < 4.78 is 1.39. The fourth-order valence-corrected chi connectivity index (χ4v) is 3.19. The Morgan fingerprint density at radius 2 is 1.72 bits per heavy atom. The van der Waals surface area contributed by atoms with Crippen molar-refractivity contribution in [2.75, 3.05) is 20.6 Å². The second kappa shape index (κ2) is 9.30. The first kappa shape index (κ1) is 20.5. The molecule has 0 saturated carbocycles. The summed E-state index contributed by atoms with van der Waals surface area (Å²) in [7, 11) is 3.75. The number of nitrogens with one attached hydrogen (secondary N) is 1. The number of benzene rings is 2. The van der Waals surface area contributed by atoms with Crippen LogP contribution in [0.15, 0.2) is 71.5 Å². The highest BCUT2D eigenvalue weighted by atomic mass is 16.2. The molecule has 6 heteroatoms. The summed E-state index contributed by atoms with van der Waals surface area (Å²) in [5, 5.41) is 7.36. The first-order valence-corrected chi connectivity index (χ1v) is 9.60. The third-order valence-electron chi connectivity index (χ3n) is 4.72. The molecule has 1 N–H and O–H groups in total. The van der Waals surface area contributed by atoms with E-state index in [1.54, 1.807) is 6.07 Å². The third kappa shape index (κ3) is 5.18. The Bertz CT molecular complexity index is 1010. The molecule has 0 aliphatic carbocycles. The van der Waals surface area contributed by atoms with Gasteiger partial charge in [-0.15, -0.1) is 0 Å². The van der Waals surface area contributed by atoms with E-state index in [2.05, 4.69) is 10.4 Å². The van der Waals surface area contributed by atoms with Gasteiger partial charge in [0, 0.05) is 18.2 Å². The van der Waals surface area contributed by atoms with Gasteiger partial charge in [0.25, 0.3) is 5.56 Å². The lowest BCUT2D eigenvalue weighted by atomic mass is 10.0. The molecule has 0 aliphatic heterocycles. The largest absolute Gasteiger partial charge is 0.353 e. The third-order valence-corrected chi connectivity index (χ3v) is 4.72. The molecule has 29 heavy (non-hydrogen) atoms. The SMILES string of the molecule is Cc1ccc(C(C(=O)NCCn2nc(-c3ccccc3)ccc2=O)N(C)C)cc1. The summed E-state index contributed by atoms with van der Waals surface area (Å²) >= 11 is 0. The molecule has 3 aromatic rings. The number of aryl methyl sites for hydroxylation is 1. The van der Waals surface area contributed by atoms with E-state index < -0.39 is 6.04 Å². The second-order valence-electron chi connectivity index (χ2n) is 7.21. The number of amides is 1. The summed E-state index contributed by atoms with van der Waals surface area (Å²) in [5.41, 5.74) is 3.55. The van der Waals surface area contributed by atoms with Gasteiger partial charge >= 0.3 is 0 Å². The zero-order valence-electron chi connectivity index (χ0n) is 17.0. The average molecular weight is 390 g/mol. The number of carbonyl (C=O) groups excluding carboxylic acids is 1. The Labute approximate surface area is 170 Å². The maximum absolute atomic E-state index is 12.8. The first-order chi connectivity index (χ1) is 14.0. The van der Waals surface area contributed by atoms with Crippen LogP contribution in [0.3, 0.4) is 0 Å². The number of hydrogen-bond acceptors (Lipinski definition) is 4. The van der Waals surface area contributed by atoms with Crippen molar-refractivity contribution in [1.29, 1.82) is 0 Å². The normalized spacial score (nSPS) is 12.0. The molecule has 150 valence electrons. The van der Waals surface area contributed by atoms with Crippen molar-refractivity contribution in [3.05, 3.63) is 88.2 Å². The van der Waals surface area contributed by atoms with Crippen LogP contribution in [0.2, 0.25) is 0 Å². The fourth-order valence-electron chi connectivity index (χ4n) is 3.19. The Morgan fingerprint density at radius 3 is 2.38 bits per heavy atom. The highest BCUT2D eigenvalue weighted by molar-refractivity contribution is 5.83. The van der Waals surface area contributed by atoms with Crippen molar-refractivity contribution < 1.29 is 4.79 Å². The molecule has 1 heterocycles. The highest BCUT2D eigenvalue weighted by Gasteiger charge is 2.22. The van der Waals surface area contributed by atoms with E-state index in [1.165, 1.54) is 10.7 Å². The van der Waals surface area contributed by atoms with Gasteiger partial charge in [-0.3, -0.25) is 14.5 Å². The quantitative estimate of drug-likeness (QED) is 0.674. The molecule has 0 saturated heterocycles. The molecule has 0 spiro atoms. The van der Waals surface area contributed by atoms with Gasteiger partial charge in [-0.1, -0.05) is 60.2 Å². The van der Waals surface area contributed by atoms with Crippen molar-refractivity contribution in [3.63, 3.8) is 0 Å². The lowest BCUT2D eigenvalue weighted by molar-refractivity contribution is -0.125. The van der Waals surface area contributed by atoms with Gasteiger partial charge < -0.3 is 5.32 Å². The molecule has 0 fully saturated rings. The lowest BCUT2D eigenvalue weighted by Gasteiger charge is -2.24. The van der Waals surface area contributed by atoms with Crippen molar-refractivity contribution in [1.82, 2.24) is 20.0 Å². The van der Waals surface area contributed by atoms with Crippen LogP contribution in [-0.2, 0) is 11.3 Å². The molecule has 0 radical (unpaired) electrons. The number of nitrogens with zero attached hydrogens (tertiary/aromatic N) is 3. The van der Waals surface area contributed by atoms with E-state index >= 15 is 0 Å². The summed E-state index contributed by atoms with van der Waals surface area (Å²) in [6.45, 7) is 2.64. The molecule has 0 bridgehead atoms. The smallest absolute Gasteiger partial charge is 0.266 e. The van der Waals surface area contributed by atoms with Gasteiger partial charge in [-0.25, -0.2) is 4.68 Å². The highest BCUT2D eigenvalue weighted by Crippen LogP contribution is 2.19. The molecular weight excluding hydrogens is 364 g/mol. The van der Waals surface area contributed by atoms with Crippen molar-refractivity contribution in [2.24, 2.45) is 0 Å². The van der Waals surface area contributed by atoms with E-state index in [4.69, 9.17) is 0 Å².